The van der Waals surface area contributed by atoms with Crippen LogP contribution in [0.3, 0.4) is 0 Å². The van der Waals surface area contributed by atoms with Gasteiger partial charge in [-0.05, 0) is 23.8 Å². The van der Waals surface area contributed by atoms with Crippen LogP contribution in [-0.4, -0.2) is 64.7 Å². The molecule has 1 fully saturated rings. The van der Waals surface area contributed by atoms with Gasteiger partial charge in [-0.25, -0.2) is 22.9 Å². The highest BCUT2D eigenvalue weighted by atomic mass is 35.5. The predicted molar refractivity (Wildman–Crippen MR) is 110 cm³/mol. The van der Waals surface area contributed by atoms with E-state index in [4.69, 9.17) is 21.1 Å². The molecule has 3 aromatic rings. The Kier molecular flexibility index (Phi) is 6.37. The number of rotatable bonds is 7. The van der Waals surface area contributed by atoms with Crippen LogP contribution in [0.1, 0.15) is 22.2 Å². The summed E-state index contributed by atoms with van der Waals surface area (Å²) in [6.07, 6.45) is 3.50. The third kappa shape index (κ3) is 4.96. The molecule has 4 rings (SSSR count). The molecule has 1 aliphatic heterocycles. The van der Waals surface area contributed by atoms with E-state index in [0.29, 0.717) is 23.8 Å². The topological polar surface area (TPSA) is 119 Å². The molecule has 10 nitrogen and oxygen atoms in total. The average molecular weight is 466 g/mol. The lowest BCUT2D eigenvalue weighted by molar-refractivity contribution is 0.0240. The van der Waals surface area contributed by atoms with E-state index in [9.17, 15) is 13.2 Å². The SMILES string of the molecule is O=C(OC(Cn1cncn1)c1ccc(Cl)cc1)c1cc(S(=O)(=O)N2CCOCC2)c[nH]1. The fraction of sp³-hybridized carbons (Fsp3) is 0.316. The molecule has 1 unspecified atom stereocenters. The molecule has 1 aliphatic rings. The van der Waals surface area contributed by atoms with E-state index in [2.05, 4.69) is 15.1 Å². The van der Waals surface area contributed by atoms with Crippen molar-refractivity contribution >= 4 is 27.6 Å². The normalized spacial score (nSPS) is 16.2. The number of hydrogen-bond donors (Lipinski definition) is 1. The molecule has 0 radical (unpaired) electrons. The van der Waals surface area contributed by atoms with Gasteiger partial charge in [0.05, 0.1) is 19.8 Å². The largest absolute Gasteiger partial charge is 0.451 e. The number of esters is 1. The van der Waals surface area contributed by atoms with Crippen molar-refractivity contribution in [2.75, 3.05) is 26.3 Å². The monoisotopic (exact) mass is 465 g/mol. The molecule has 1 saturated heterocycles. The Morgan fingerprint density at radius 2 is 2.00 bits per heavy atom. The molecule has 1 N–H and O–H groups in total. The standard InChI is InChI=1S/C19H20ClN5O5S/c20-15-3-1-14(2-4-15)18(11-24-13-21-12-23-24)30-19(26)17-9-16(10-22-17)31(27,28)25-5-7-29-8-6-25/h1-4,9-10,12-13,18,22H,5-8,11H2. The number of aromatic nitrogens is 4. The molecule has 0 spiro atoms. The van der Waals surface area contributed by atoms with Crippen LogP contribution in [0, 0.1) is 0 Å². The van der Waals surface area contributed by atoms with E-state index in [-0.39, 0.29) is 30.2 Å². The summed E-state index contributed by atoms with van der Waals surface area (Å²) in [5.41, 5.74) is 0.741. The number of carbonyl (C=O) groups excluding carboxylic acids is 1. The summed E-state index contributed by atoms with van der Waals surface area (Å²) >= 11 is 5.96. The molecule has 0 aliphatic carbocycles. The lowest BCUT2D eigenvalue weighted by Gasteiger charge is -2.25. The maximum atomic E-state index is 12.8. The Morgan fingerprint density at radius 3 is 2.68 bits per heavy atom. The number of hydrogen-bond acceptors (Lipinski definition) is 7. The number of aromatic amines is 1. The number of H-pyrrole nitrogens is 1. The summed E-state index contributed by atoms with van der Waals surface area (Å²) in [6, 6.07) is 8.17. The van der Waals surface area contributed by atoms with E-state index in [1.54, 1.807) is 24.3 Å². The Hall–Kier alpha value is -2.73. The minimum atomic E-state index is -3.72. The number of sulfonamides is 1. The van der Waals surface area contributed by atoms with Gasteiger partial charge in [-0.1, -0.05) is 23.7 Å². The highest BCUT2D eigenvalue weighted by Gasteiger charge is 2.29. The van der Waals surface area contributed by atoms with Gasteiger partial charge in [-0.2, -0.15) is 9.40 Å². The first kappa shape index (κ1) is 21.5. The second-order valence-electron chi connectivity index (χ2n) is 6.83. The fourth-order valence-corrected chi connectivity index (χ4v) is 4.68. The van der Waals surface area contributed by atoms with Crippen molar-refractivity contribution < 1.29 is 22.7 Å². The summed E-state index contributed by atoms with van der Waals surface area (Å²) in [7, 11) is -3.72. The van der Waals surface area contributed by atoms with Crippen molar-refractivity contribution in [3.8, 4) is 0 Å². The molecule has 164 valence electrons. The van der Waals surface area contributed by atoms with Gasteiger partial charge in [-0.3, -0.25) is 0 Å². The maximum Gasteiger partial charge on any atom is 0.355 e. The maximum absolute atomic E-state index is 12.8. The van der Waals surface area contributed by atoms with E-state index in [0.717, 1.165) is 0 Å². The first-order chi connectivity index (χ1) is 14.9. The van der Waals surface area contributed by atoms with Gasteiger partial charge in [0.15, 0.2) is 0 Å². The molecule has 1 atom stereocenters. The minimum absolute atomic E-state index is 0.000620. The number of benzene rings is 1. The predicted octanol–water partition coefficient (Wildman–Crippen LogP) is 1.88. The van der Waals surface area contributed by atoms with Crippen LogP contribution < -0.4 is 0 Å². The fourth-order valence-electron chi connectivity index (χ4n) is 3.16. The minimum Gasteiger partial charge on any atom is -0.451 e. The van der Waals surface area contributed by atoms with Crippen molar-refractivity contribution in [1.29, 1.82) is 0 Å². The van der Waals surface area contributed by atoms with Gasteiger partial charge in [0, 0.05) is 24.3 Å². The van der Waals surface area contributed by atoms with E-state index < -0.39 is 22.1 Å². The molecular formula is C19H20ClN5O5S. The lowest BCUT2D eigenvalue weighted by Crippen LogP contribution is -2.40. The zero-order chi connectivity index (χ0) is 21.8. The van der Waals surface area contributed by atoms with Gasteiger partial charge >= 0.3 is 5.97 Å². The van der Waals surface area contributed by atoms with Crippen molar-refractivity contribution in [1.82, 2.24) is 24.1 Å². The number of morpholine rings is 1. The van der Waals surface area contributed by atoms with Crippen molar-refractivity contribution in [2.45, 2.75) is 17.5 Å². The third-order valence-corrected chi connectivity index (χ3v) is 6.92. The Morgan fingerprint density at radius 1 is 1.26 bits per heavy atom. The second-order valence-corrected chi connectivity index (χ2v) is 9.20. The number of nitrogens with one attached hydrogen (secondary N) is 1. The average Bonchev–Trinajstić information content (AvgIpc) is 3.47. The summed E-state index contributed by atoms with van der Waals surface area (Å²) in [5, 5.41) is 4.61. The van der Waals surface area contributed by atoms with Crippen molar-refractivity contribution in [3.05, 3.63) is 65.5 Å². The molecule has 2 aromatic heterocycles. The zero-order valence-corrected chi connectivity index (χ0v) is 17.9. The number of halogens is 1. The molecule has 1 aromatic carbocycles. The summed E-state index contributed by atoms with van der Waals surface area (Å²) in [6.45, 7) is 1.44. The molecule has 31 heavy (non-hydrogen) atoms. The first-order valence-corrected chi connectivity index (χ1v) is 11.3. The molecule has 0 bridgehead atoms. The Labute approximate surface area is 183 Å². The number of nitrogens with zero attached hydrogens (tertiary/aromatic N) is 4. The number of carbonyl (C=O) groups is 1. The molecule has 0 saturated carbocycles. The first-order valence-electron chi connectivity index (χ1n) is 9.48. The van der Waals surface area contributed by atoms with E-state index >= 15 is 0 Å². The van der Waals surface area contributed by atoms with Crippen LogP contribution >= 0.6 is 11.6 Å². The van der Waals surface area contributed by atoms with Gasteiger partial charge in [-0.15, -0.1) is 0 Å². The number of ether oxygens (including phenoxy) is 2. The Bertz CT molecular complexity index is 1120. The smallest absolute Gasteiger partial charge is 0.355 e. The molecule has 3 heterocycles. The molecule has 12 heteroatoms. The Balaban J connectivity index is 1.53. The summed E-state index contributed by atoms with van der Waals surface area (Å²) in [4.78, 5) is 19.4. The van der Waals surface area contributed by atoms with E-state index in [1.165, 1.54) is 33.9 Å². The van der Waals surface area contributed by atoms with E-state index in [1.807, 2.05) is 0 Å². The van der Waals surface area contributed by atoms with Gasteiger partial charge < -0.3 is 14.5 Å². The van der Waals surface area contributed by atoms with Crippen LogP contribution in [0.15, 0.2) is 54.1 Å². The summed E-state index contributed by atoms with van der Waals surface area (Å²) in [5.74, 6) is -0.691. The van der Waals surface area contributed by atoms with Crippen LogP contribution in [0.4, 0.5) is 0 Å². The molecular weight excluding hydrogens is 446 g/mol. The van der Waals surface area contributed by atoms with Crippen molar-refractivity contribution in [2.24, 2.45) is 0 Å². The third-order valence-electron chi connectivity index (χ3n) is 4.79. The molecule has 0 amide bonds. The van der Waals surface area contributed by atoms with Gasteiger partial charge in [0.25, 0.3) is 0 Å². The van der Waals surface area contributed by atoms with Crippen LogP contribution in [0.2, 0.25) is 5.02 Å². The lowest BCUT2D eigenvalue weighted by atomic mass is 10.1. The van der Waals surface area contributed by atoms with Gasteiger partial charge in [0.2, 0.25) is 10.0 Å². The van der Waals surface area contributed by atoms with Crippen LogP contribution in [0.25, 0.3) is 0 Å². The quantitative estimate of drug-likeness (QED) is 0.529. The van der Waals surface area contributed by atoms with Crippen molar-refractivity contribution in [3.63, 3.8) is 0 Å². The summed E-state index contributed by atoms with van der Waals surface area (Å²) < 4.78 is 39.3. The highest BCUT2D eigenvalue weighted by molar-refractivity contribution is 7.89. The second kappa shape index (κ2) is 9.18. The van der Waals surface area contributed by atoms with Crippen LogP contribution in [-0.2, 0) is 26.0 Å². The zero-order valence-electron chi connectivity index (χ0n) is 16.3. The van der Waals surface area contributed by atoms with Gasteiger partial charge in [0.1, 0.15) is 29.3 Å². The highest BCUT2D eigenvalue weighted by Crippen LogP contribution is 2.24. The van der Waals surface area contributed by atoms with Crippen LogP contribution in [0.5, 0.6) is 0 Å².